The van der Waals surface area contributed by atoms with Crippen LogP contribution >= 0.6 is 11.3 Å². The number of rotatable bonds is 9. The number of amides is 1. The van der Waals surface area contributed by atoms with Crippen molar-refractivity contribution >= 4 is 27.5 Å². The van der Waals surface area contributed by atoms with Crippen LogP contribution in [-0.4, -0.2) is 61.6 Å². The van der Waals surface area contributed by atoms with E-state index in [1.165, 1.54) is 4.31 Å². The normalized spacial score (nSPS) is 18.6. The van der Waals surface area contributed by atoms with Gasteiger partial charge in [0.05, 0.1) is 24.1 Å². The number of ether oxygens (including phenoxy) is 2. The highest BCUT2D eigenvalue weighted by Crippen LogP contribution is 2.36. The van der Waals surface area contributed by atoms with E-state index < -0.39 is 21.7 Å². The van der Waals surface area contributed by atoms with Crippen molar-refractivity contribution < 1.29 is 22.7 Å². The molecule has 2 heterocycles. The zero-order chi connectivity index (χ0) is 24.4. The van der Waals surface area contributed by atoms with Crippen LogP contribution in [0.2, 0.25) is 0 Å². The molecule has 1 aromatic heterocycles. The molecule has 7 nitrogen and oxygen atoms in total. The standard InChI is InChI=1S/C24H34N2O5S2/c1-17(2)15-25(33(28,29)20-11-9-18(30-6)10-12-20)16-22-21(14-19-8-7-13-32-19)26(22)23(27)31-24(3,4)5/h7-13,17,21-22H,14-16H2,1-6H3/t21?,22-,26?/m1/s1. The largest absolute Gasteiger partial charge is 0.497 e. The molecule has 1 aromatic carbocycles. The maximum Gasteiger partial charge on any atom is 0.410 e. The molecule has 182 valence electrons. The first-order valence-electron chi connectivity index (χ1n) is 11.1. The van der Waals surface area contributed by atoms with E-state index in [0.29, 0.717) is 18.7 Å². The van der Waals surface area contributed by atoms with Gasteiger partial charge in [0.1, 0.15) is 11.4 Å². The minimum Gasteiger partial charge on any atom is -0.497 e. The summed E-state index contributed by atoms with van der Waals surface area (Å²) in [5.41, 5.74) is -0.621. The monoisotopic (exact) mass is 494 g/mol. The van der Waals surface area contributed by atoms with Gasteiger partial charge in [0.25, 0.3) is 0 Å². The molecular formula is C24H34N2O5S2. The van der Waals surface area contributed by atoms with Crippen molar-refractivity contribution in [3.05, 3.63) is 46.7 Å². The van der Waals surface area contributed by atoms with Gasteiger partial charge < -0.3 is 9.47 Å². The van der Waals surface area contributed by atoms with Gasteiger partial charge in [-0.1, -0.05) is 19.9 Å². The Morgan fingerprint density at radius 3 is 2.33 bits per heavy atom. The van der Waals surface area contributed by atoms with Crippen molar-refractivity contribution in [3.63, 3.8) is 0 Å². The first-order chi connectivity index (χ1) is 15.4. The van der Waals surface area contributed by atoms with Crippen molar-refractivity contribution in [1.29, 1.82) is 0 Å². The van der Waals surface area contributed by atoms with Crippen LogP contribution in [0, 0.1) is 5.92 Å². The fourth-order valence-corrected chi connectivity index (χ4v) is 6.16. The molecule has 9 heteroatoms. The summed E-state index contributed by atoms with van der Waals surface area (Å²) in [4.78, 5) is 15.9. The predicted octanol–water partition coefficient (Wildman–Crippen LogP) is 4.63. The van der Waals surface area contributed by atoms with Crippen molar-refractivity contribution in [2.24, 2.45) is 5.92 Å². The number of hydrogen-bond donors (Lipinski definition) is 0. The van der Waals surface area contributed by atoms with Gasteiger partial charge in [-0.3, -0.25) is 4.90 Å². The van der Waals surface area contributed by atoms with E-state index in [-0.39, 0.29) is 29.4 Å². The SMILES string of the molecule is COc1ccc(S(=O)(=O)N(CC(C)C)C[C@@H]2C(Cc3cccs3)N2C(=O)OC(C)(C)C)cc1. The number of methoxy groups -OCH3 is 1. The summed E-state index contributed by atoms with van der Waals surface area (Å²) in [5, 5.41) is 2.00. The lowest BCUT2D eigenvalue weighted by molar-refractivity contribution is 0.0390. The summed E-state index contributed by atoms with van der Waals surface area (Å²) in [5.74, 6) is 0.723. The molecule has 2 aromatic rings. The van der Waals surface area contributed by atoms with Crippen molar-refractivity contribution in [1.82, 2.24) is 9.21 Å². The van der Waals surface area contributed by atoms with Crippen molar-refractivity contribution in [2.45, 2.75) is 63.6 Å². The summed E-state index contributed by atoms with van der Waals surface area (Å²) < 4.78 is 39.3. The van der Waals surface area contributed by atoms with Crippen LogP contribution in [0.25, 0.3) is 0 Å². The molecule has 1 fully saturated rings. The molecule has 1 aliphatic heterocycles. The van der Waals surface area contributed by atoms with Gasteiger partial charge in [-0.15, -0.1) is 11.3 Å². The first-order valence-corrected chi connectivity index (χ1v) is 13.4. The summed E-state index contributed by atoms with van der Waals surface area (Å²) in [6.45, 7) is 10.0. The smallest absolute Gasteiger partial charge is 0.410 e. The highest BCUT2D eigenvalue weighted by Gasteiger charge is 2.54. The van der Waals surface area contributed by atoms with Gasteiger partial charge in [-0.25, -0.2) is 13.2 Å². The Labute approximate surface area is 201 Å². The van der Waals surface area contributed by atoms with E-state index in [0.717, 1.165) is 4.88 Å². The summed E-state index contributed by atoms with van der Waals surface area (Å²) >= 11 is 1.63. The van der Waals surface area contributed by atoms with Crippen LogP contribution in [0.4, 0.5) is 4.79 Å². The van der Waals surface area contributed by atoms with Gasteiger partial charge in [0.15, 0.2) is 0 Å². The molecule has 1 amide bonds. The summed E-state index contributed by atoms with van der Waals surface area (Å²) in [7, 11) is -2.20. The maximum atomic E-state index is 13.5. The minimum absolute atomic E-state index is 0.0979. The average molecular weight is 495 g/mol. The summed E-state index contributed by atoms with van der Waals surface area (Å²) in [6, 6.07) is 10.1. The lowest BCUT2D eigenvalue weighted by Crippen LogP contribution is -2.38. The van der Waals surface area contributed by atoms with Crippen LogP contribution in [0.1, 0.15) is 39.5 Å². The third-order valence-electron chi connectivity index (χ3n) is 5.32. The lowest BCUT2D eigenvalue weighted by Gasteiger charge is -2.24. The van der Waals surface area contributed by atoms with E-state index in [4.69, 9.17) is 9.47 Å². The van der Waals surface area contributed by atoms with Crippen LogP contribution in [0.3, 0.4) is 0 Å². The molecule has 0 N–H and O–H groups in total. The third-order valence-corrected chi connectivity index (χ3v) is 8.07. The van der Waals surface area contributed by atoms with E-state index >= 15 is 0 Å². The molecule has 33 heavy (non-hydrogen) atoms. The van der Waals surface area contributed by atoms with Gasteiger partial charge in [-0.05, 0) is 62.4 Å². The third kappa shape index (κ3) is 6.49. The predicted molar refractivity (Wildman–Crippen MR) is 130 cm³/mol. The Kier molecular flexibility index (Phi) is 7.76. The number of thiophene rings is 1. The molecule has 0 aliphatic carbocycles. The van der Waals surface area contributed by atoms with Gasteiger partial charge in [-0.2, -0.15) is 4.31 Å². The maximum absolute atomic E-state index is 13.5. The summed E-state index contributed by atoms with van der Waals surface area (Å²) in [6.07, 6.45) is 0.278. The molecule has 2 atom stereocenters. The van der Waals surface area contributed by atoms with E-state index in [1.807, 2.05) is 52.1 Å². The Hall–Kier alpha value is -2.10. The van der Waals surface area contributed by atoms with Crippen LogP contribution in [0.5, 0.6) is 5.75 Å². The number of carbonyl (C=O) groups is 1. The molecular weight excluding hydrogens is 460 g/mol. The first kappa shape index (κ1) is 25.5. The van der Waals surface area contributed by atoms with Crippen LogP contribution < -0.4 is 4.74 Å². The zero-order valence-corrected chi connectivity index (χ0v) is 21.8. The molecule has 3 rings (SSSR count). The second-order valence-corrected chi connectivity index (χ2v) is 12.7. The fraction of sp³-hybridized carbons (Fsp3) is 0.542. The zero-order valence-electron chi connectivity index (χ0n) is 20.1. The van der Waals surface area contributed by atoms with E-state index in [9.17, 15) is 13.2 Å². The number of carbonyl (C=O) groups excluding carboxylic acids is 1. The quantitative estimate of drug-likeness (QED) is 0.475. The van der Waals surface area contributed by atoms with E-state index in [1.54, 1.807) is 47.6 Å². The second kappa shape index (κ2) is 10.0. The number of hydrogen-bond acceptors (Lipinski definition) is 6. The molecule has 0 spiro atoms. The molecule has 0 bridgehead atoms. The molecule has 1 aliphatic rings. The Bertz CT molecular complexity index is 1030. The highest BCUT2D eigenvalue weighted by molar-refractivity contribution is 7.89. The van der Waals surface area contributed by atoms with Crippen LogP contribution in [-0.2, 0) is 21.2 Å². The van der Waals surface area contributed by atoms with Gasteiger partial charge in [0, 0.05) is 24.4 Å². The number of benzene rings is 1. The number of sulfonamides is 1. The highest BCUT2D eigenvalue weighted by atomic mass is 32.2. The van der Waals surface area contributed by atoms with Gasteiger partial charge >= 0.3 is 6.09 Å². The van der Waals surface area contributed by atoms with Crippen molar-refractivity contribution in [3.8, 4) is 5.75 Å². The van der Waals surface area contributed by atoms with Crippen molar-refractivity contribution in [2.75, 3.05) is 20.2 Å². The second-order valence-electron chi connectivity index (χ2n) is 9.70. The Morgan fingerprint density at radius 1 is 1.15 bits per heavy atom. The lowest BCUT2D eigenvalue weighted by atomic mass is 10.2. The minimum atomic E-state index is -3.74. The van der Waals surface area contributed by atoms with Gasteiger partial charge in [0.2, 0.25) is 10.0 Å². The molecule has 0 saturated carbocycles. The van der Waals surface area contributed by atoms with E-state index in [2.05, 4.69) is 0 Å². The fourth-order valence-electron chi connectivity index (χ4n) is 3.78. The van der Waals surface area contributed by atoms with Crippen LogP contribution in [0.15, 0.2) is 46.7 Å². The topological polar surface area (TPSA) is 75.9 Å². The molecule has 1 saturated heterocycles. The molecule has 1 unspecified atom stereocenters. The Balaban J connectivity index is 1.85. The Morgan fingerprint density at radius 2 is 1.82 bits per heavy atom. The number of nitrogens with zero attached hydrogens (tertiary/aromatic N) is 2. The average Bonchev–Trinajstić information content (AvgIpc) is 3.13. The molecule has 0 radical (unpaired) electrons.